The van der Waals surface area contributed by atoms with Gasteiger partial charge in [-0.1, -0.05) is 19.8 Å². The van der Waals surface area contributed by atoms with Gasteiger partial charge in [-0.05, 0) is 24.6 Å². The summed E-state index contributed by atoms with van der Waals surface area (Å²) in [5, 5.41) is 5.91. The van der Waals surface area contributed by atoms with Gasteiger partial charge in [-0.15, -0.1) is 0 Å². The number of ether oxygens (including phenoxy) is 1. The van der Waals surface area contributed by atoms with E-state index in [9.17, 15) is 9.59 Å². The van der Waals surface area contributed by atoms with Crippen molar-refractivity contribution in [3.63, 3.8) is 0 Å². The number of nitrogens with one attached hydrogen (secondary N) is 2. The van der Waals surface area contributed by atoms with E-state index in [1.165, 1.54) is 0 Å². The molecule has 7 nitrogen and oxygen atoms in total. The third-order valence-electron chi connectivity index (χ3n) is 4.83. The fourth-order valence-corrected chi connectivity index (χ4v) is 3.19. The predicted molar refractivity (Wildman–Crippen MR) is 113 cm³/mol. The number of hydrogen-bond acceptors (Lipinski definition) is 5. The number of amides is 2. The van der Waals surface area contributed by atoms with Crippen LogP contribution >= 0.6 is 0 Å². The summed E-state index contributed by atoms with van der Waals surface area (Å²) < 4.78 is 5.35. The molecule has 0 saturated carbocycles. The van der Waals surface area contributed by atoms with Gasteiger partial charge >= 0.3 is 0 Å². The minimum atomic E-state index is -0.126. The van der Waals surface area contributed by atoms with E-state index < -0.39 is 0 Å². The van der Waals surface area contributed by atoms with E-state index in [2.05, 4.69) is 22.5 Å². The SMILES string of the molecule is CCCCCC(=O)Nc1ccc(N(C)C)c(C(=O)NCCN2CCOCC2)c1. The van der Waals surface area contributed by atoms with Gasteiger partial charge in [-0.3, -0.25) is 14.5 Å². The average Bonchev–Trinajstić information content (AvgIpc) is 2.68. The molecule has 1 heterocycles. The van der Waals surface area contributed by atoms with Crippen LogP contribution in [0.4, 0.5) is 11.4 Å². The first kappa shape index (κ1) is 22.2. The molecule has 156 valence electrons. The second kappa shape index (κ2) is 11.7. The van der Waals surface area contributed by atoms with Crippen LogP contribution in [0.5, 0.6) is 0 Å². The van der Waals surface area contributed by atoms with Crippen LogP contribution in [0, 0.1) is 0 Å². The predicted octanol–water partition coefficient (Wildman–Crippen LogP) is 2.33. The molecular weight excluding hydrogens is 356 g/mol. The number of anilines is 2. The second-order valence-corrected chi connectivity index (χ2v) is 7.34. The van der Waals surface area contributed by atoms with Crippen LogP contribution in [0.1, 0.15) is 43.0 Å². The first-order valence-electron chi connectivity index (χ1n) is 10.2. The van der Waals surface area contributed by atoms with Crippen molar-refractivity contribution in [3.8, 4) is 0 Å². The Morgan fingerprint density at radius 3 is 2.61 bits per heavy atom. The molecule has 0 radical (unpaired) electrons. The van der Waals surface area contributed by atoms with Gasteiger partial charge in [0.25, 0.3) is 5.91 Å². The van der Waals surface area contributed by atoms with Crippen molar-refractivity contribution in [1.29, 1.82) is 0 Å². The maximum Gasteiger partial charge on any atom is 0.253 e. The van der Waals surface area contributed by atoms with Crippen molar-refractivity contribution in [3.05, 3.63) is 23.8 Å². The molecule has 2 rings (SSSR count). The number of unbranched alkanes of at least 4 members (excludes halogenated alkanes) is 2. The molecule has 0 spiro atoms. The third kappa shape index (κ3) is 7.13. The van der Waals surface area contributed by atoms with E-state index in [-0.39, 0.29) is 11.8 Å². The molecule has 0 unspecified atom stereocenters. The molecule has 0 aromatic heterocycles. The van der Waals surface area contributed by atoms with E-state index >= 15 is 0 Å². The van der Waals surface area contributed by atoms with E-state index in [0.717, 1.165) is 57.8 Å². The zero-order valence-electron chi connectivity index (χ0n) is 17.4. The molecule has 1 aromatic rings. The van der Waals surface area contributed by atoms with Crippen LogP contribution in [-0.2, 0) is 9.53 Å². The number of carbonyl (C=O) groups is 2. The lowest BCUT2D eigenvalue weighted by atomic mass is 10.1. The Morgan fingerprint density at radius 1 is 1.18 bits per heavy atom. The Hall–Kier alpha value is -2.12. The van der Waals surface area contributed by atoms with Crippen LogP contribution in [0.3, 0.4) is 0 Å². The van der Waals surface area contributed by atoms with Gasteiger partial charge in [0, 0.05) is 58.1 Å². The van der Waals surface area contributed by atoms with Crippen molar-refractivity contribution in [2.45, 2.75) is 32.6 Å². The molecule has 1 aliphatic heterocycles. The number of hydrogen-bond donors (Lipinski definition) is 2. The van der Waals surface area contributed by atoms with Crippen molar-refractivity contribution < 1.29 is 14.3 Å². The molecule has 28 heavy (non-hydrogen) atoms. The molecule has 2 N–H and O–H groups in total. The highest BCUT2D eigenvalue weighted by atomic mass is 16.5. The van der Waals surface area contributed by atoms with Crippen molar-refractivity contribution in [1.82, 2.24) is 10.2 Å². The summed E-state index contributed by atoms with van der Waals surface area (Å²) in [4.78, 5) is 29.1. The minimum Gasteiger partial charge on any atom is -0.379 e. The van der Waals surface area contributed by atoms with Crippen molar-refractivity contribution >= 4 is 23.2 Å². The summed E-state index contributed by atoms with van der Waals surface area (Å²) in [7, 11) is 3.81. The van der Waals surface area contributed by atoms with Crippen molar-refractivity contribution in [2.75, 3.05) is 63.7 Å². The second-order valence-electron chi connectivity index (χ2n) is 7.34. The van der Waals surface area contributed by atoms with Crippen LogP contribution in [0.2, 0.25) is 0 Å². The average molecular weight is 391 g/mol. The van der Waals surface area contributed by atoms with E-state index in [0.29, 0.717) is 24.2 Å². The summed E-state index contributed by atoms with van der Waals surface area (Å²) in [5.41, 5.74) is 2.05. The fraction of sp³-hybridized carbons (Fsp3) is 0.619. The monoisotopic (exact) mass is 390 g/mol. The molecule has 1 aliphatic rings. The van der Waals surface area contributed by atoms with Gasteiger partial charge in [0.15, 0.2) is 0 Å². The standard InChI is InChI=1S/C21H34N4O3/c1-4-5-6-7-20(26)23-17-8-9-19(24(2)3)18(16-17)21(27)22-10-11-25-12-14-28-15-13-25/h8-9,16H,4-7,10-15H2,1-3H3,(H,22,27)(H,23,26). The highest BCUT2D eigenvalue weighted by Crippen LogP contribution is 2.23. The smallest absolute Gasteiger partial charge is 0.253 e. The van der Waals surface area contributed by atoms with Gasteiger partial charge in [-0.25, -0.2) is 0 Å². The highest BCUT2D eigenvalue weighted by Gasteiger charge is 2.16. The van der Waals surface area contributed by atoms with Crippen LogP contribution in [0.25, 0.3) is 0 Å². The molecule has 0 bridgehead atoms. The van der Waals surface area contributed by atoms with E-state index in [1.54, 1.807) is 6.07 Å². The topological polar surface area (TPSA) is 73.9 Å². The summed E-state index contributed by atoms with van der Waals surface area (Å²) in [6.07, 6.45) is 3.51. The molecular formula is C21H34N4O3. The zero-order valence-corrected chi connectivity index (χ0v) is 17.4. The first-order chi connectivity index (χ1) is 13.5. The quantitative estimate of drug-likeness (QED) is 0.600. The lowest BCUT2D eigenvalue weighted by molar-refractivity contribution is -0.116. The Kier molecular flexibility index (Phi) is 9.23. The van der Waals surface area contributed by atoms with E-state index in [1.807, 2.05) is 31.1 Å². The van der Waals surface area contributed by atoms with Gasteiger partial charge in [0.2, 0.25) is 5.91 Å². The lowest BCUT2D eigenvalue weighted by Gasteiger charge is -2.26. The summed E-state index contributed by atoms with van der Waals surface area (Å²) in [6, 6.07) is 5.48. The first-order valence-corrected chi connectivity index (χ1v) is 10.2. The fourth-order valence-electron chi connectivity index (χ4n) is 3.19. The molecule has 1 saturated heterocycles. The van der Waals surface area contributed by atoms with Gasteiger partial charge in [-0.2, -0.15) is 0 Å². The maximum atomic E-state index is 12.8. The number of nitrogens with zero attached hydrogens (tertiary/aromatic N) is 2. The summed E-state index contributed by atoms with van der Waals surface area (Å²) >= 11 is 0. The zero-order chi connectivity index (χ0) is 20.4. The summed E-state index contributed by atoms with van der Waals surface area (Å²) in [5.74, 6) is -0.135. The molecule has 0 aliphatic carbocycles. The third-order valence-corrected chi connectivity index (χ3v) is 4.83. The maximum absolute atomic E-state index is 12.8. The number of benzene rings is 1. The van der Waals surface area contributed by atoms with Gasteiger partial charge < -0.3 is 20.3 Å². The number of rotatable bonds is 10. The van der Waals surface area contributed by atoms with Crippen LogP contribution < -0.4 is 15.5 Å². The van der Waals surface area contributed by atoms with Gasteiger partial charge in [0.1, 0.15) is 0 Å². The molecule has 2 amide bonds. The minimum absolute atomic E-state index is 0.00951. The largest absolute Gasteiger partial charge is 0.379 e. The lowest BCUT2D eigenvalue weighted by Crippen LogP contribution is -2.41. The van der Waals surface area contributed by atoms with Crippen LogP contribution in [0.15, 0.2) is 18.2 Å². The Bertz CT molecular complexity index is 643. The Balaban J connectivity index is 1.96. The van der Waals surface area contributed by atoms with Crippen molar-refractivity contribution in [2.24, 2.45) is 0 Å². The normalized spacial score (nSPS) is 14.5. The summed E-state index contributed by atoms with van der Waals surface area (Å²) in [6.45, 7) is 6.80. The number of morpholine rings is 1. The number of carbonyl (C=O) groups excluding carboxylic acids is 2. The van der Waals surface area contributed by atoms with Crippen LogP contribution in [-0.4, -0.2) is 70.2 Å². The molecule has 7 heteroatoms. The highest BCUT2D eigenvalue weighted by molar-refractivity contribution is 6.02. The molecule has 1 fully saturated rings. The Morgan fingerprint density at radius 2 is 1.93 bits per heavy atom. The Labute approximate surface area is 168 Å². The molecule has 0 atom stereocenters. The molecule has 1 aromatic carbocycles. The van der Waals surface area contributed by atoms with E-state index in [4.69, 9.17) is 4.74 Å². The van der Waals surface area contributed by atoms with Gasteiger partial charge in [0.05, 0.1) is 18.8 Å².